The van der Waals surface area contributed by atoms with Gasteiger partial charge in [0.2, 0.25) is 0 Å². The fourth-order valence-corrected chi connectivity index (χ4v) is 12.0. The summed E-state index contributed by atoms with van der Waals surface area (Å²) in [6, 6.07) is -0.107. The summed E-state index contributed by atoms with van der Waals surface area (Å²) in [6.07, 6.45) is 0. The van der Waals surface area contributed by atoms with Crippen molar-refractivity contribution in [1.29, 1.82) is 0 Å². The average molecular weight is 1060 g/mol. The third-order valence-corrected chi connectivity index (χ3v) is 14.7. The fourth-order valence-electron chi connectivity index (χ4n) is 12.0. The first-order chi connectivity index (χ1) is 36.2. The lowest BCUT2D eigenvalue weighted by atomic mass is 9.88. The zero-order chi connectivity index (χ0) is 54.6. The van der Waals surface area contributed by atoms with E-state index in [1.165, 1.54) is 27.7 Å². The highest BCUT2D eigenvalue weighted by Gasteiger charge is 2.93. The summed E-state index contributed by atoms with van der Waals surface area (Å²) >= 11 is 0. The number of hydrogen-bond acceptors (Lipinski definition) is 20. The number of nitro benzene ring substituents is 2. The van der Waals surface area contributed by atoms with Crippen molar-refractivity contribution in [2.75, 3.05) is 39.8 Å². The molecule has 0 radical (unpaired) electrons. The predicted octanol–water partition coefficient (Wildman–Crippen LogP) is -2.07. The Balaban J connectivity index is 1.24. The molecule has 5 saturated heterocycles. The molecule has 34 nitrogen and oxygen atoms in total. The maximum absolute atomic E-state index is 15.9. The van der Waals surface area contributed by atoms with Gasteiger partial charge in [0.25, 0.3) is 56.3 Å². The lowest BCUT2D eigenvalue weighted by molar-refractivity contribution is -0.383. The molecule has 0 aliphatic carbocycles. The number of nitrogens with zero attached hydrogens (tertiary/aromatic N) is 14. The van der Waals surface area contributed by atoms with Crippen LogP contribution in [0.1, 0.15) is 27.7 Å². The largest absolute Gasteiger partial charge is 0.463 e. The van der Waals surface area contributed by atoms with Crippen LogP contribution >= 0.6 is 0 Å². The van der Waals surface area contributed by atoms with Gasteiger partial charge in [-0.05, 0) is 39.8 Å². The van der Waals surface area contributed by atoms with Crippen LogP contribution < -0.4 is 22.2 Å². The molecule has 7 aliphatic heterocycles. The fraction of sp³-hybridized carbons (Fsp3) is 0.429. The van der Waals surface area contributed by atoms with E-state index in [0.29, 0.717) is 57.9 Å². The standard InChI is InChI=1S/C42H38N14O20/c1-5-73-31(61)39-41(33(63)75-7-3)47-17-51-27(57)21-11-9-13-23(55(69)70)25(21)29(59)53(51)19-49(41)37(67)45(39)16-46-38(68)50-20-54-30(60)26-22(12-10-14-24(26)56(71)72)28(58)52(54)18-48-36(66)44(15-43(39)35(47)65)40(46,32(62)74-6-2)42(48,50)34(64)76-8-4/h9-14H,5-8,15-20H2,1-4H3/t39-,40+,41+,42-. The molecule has 0 unspecified atom stereocenters. The molecule has 5 fully saturated rings. The van der Waals surface area contributed by atoms with Crippen LogP contribution in [0.15, 0.2) is 55.6 Å². The number of rotatable bonds is 10. The molecule has 4 atom stereocenters. The van der Waals surface area contributed by atoms with Crippen LogP contribution in [-0.4, -0.2) is 178 Å². The molecule has 0 N–H and O–H groups in total. The molecule has 0 spiro atoms. The first-order valence-electron chi connectivity index (χ1n) is 23.1. The Kier molecular flexibility index (Phi) is 10.0. The molecule has 76 heavy (non-hydrogen) atoms. The quantitative estimate of drug-likeness (QED) is 0.0712. The second-order valence-corrected chi connectivity index (χ2v) is 17.7. The first kappa shape index (κ1) is 48.4. The number of amides is 8. The maximum atomic E-state index is 15.9. The Hall–Kier alpha value is -9.92. The van der Waals surface area contributed by atoms with E-state index in [4.69, 9.17) is 18.9 Å². The molecule has 8 amide bonds. The number of nitro groups is 2. The van der Waals surface area contributed by atoms with Crippen molar-refractivity contribution in [3.8, 4) is 0 Å². The number of urea groups is 4. The Morgan fingerprint density at radius 3 is 0.895 bits per heavy atom. The summed E-state index contributed by atoms with van der Waals surface area (Å²) in [5.74, 6) is -6.54. The van der Waals surface area contributed by atoms with Gasteiger partial charge in [-0.2, -0.15) is 0 Å². The minimum Gasteiger partial charge on any atom is -0.463 e. The number of carbonyl (C=O) groups is 8. The van der Waals surface area contributed by atoms with Gasteiger partial charge in [0.15, 0.2) is 0 Å². The van der Waals surface area contributed by atoms with Gasteiger partial charge < -0.3 is 18.9 Å². The van der Waals surface area contributed by atoms with E-state index < -0.39 is 202 Å². The maximum Gasteiger partial charge on any atom is 0.359 e. The molecule has 0 saturated carbocycles. The zero-order valence-electron chi connectivity index (χ0n) is 40.0. The van der Waals surface area contributed by atoms with Crippen molar-refractivity contribution in [3.63, 3.8) is 0 Å². The van der Waals surface area contributed by atoms with Crippen LogP contribution in [0.4, 0.5) is 30.6 Å². The number of esters is 4. The van der Waals surface area contributed by atoms with Crippen LogP contribution in [0.3, 0.4) is 0 Å². The average Bonchev–Trinajstić information content (AvgIpc) is 3.27. The molecule has 9 heterocycles. The van der Waals surface area contributed by atoms with E-state index in [2.05, 4.69) is 0 Å². The van der Waals surface area contributed by atoms with Crippen molar-refractivity contribution < 1.29 is 67.2 Å². The molecule has 2 aromatic carbocycles. The van der Waals surface area contributed by atoms with Crippen molar-refractivity contribution in [2.24, 2.45) is 0 Å². The lowest BCUT2D eigenvalue weighted by Crippen LogP contribution is -2.81. The Bertz CT molecular complexity index is 3500. The van der Waals surface area contributed by atoms with E-state index in [0.717, 1.165) is 36.4 Å². The third-order valence-electron chi connectivity index (χ3n) is 14.7. The molecular weight excluding hydrogens is 1020 g/mol. The Morgan fingerprint density at radius 1 is 0.421 bits per heavy atom. The van der Waals surface area contributed by atoms with Crippen molar-refractivity contribution >= 4 is 80.9 Å². The Labute approximate surface area is 420 Å². The van der Waals surface area contributed by atoms with Crippen LogP contribution in [0.2, 0.25) is 0 Å². The summed E-state index contributed by atoms with van der Waals surface area (Å²) < 4.78 is 24.5. The minimum atomic E-state index is -3.38. The van der Waals surface area contributed by atoms with Crippen molar-refractivity contribution in [1.82, 2.24) is 57.9 Å². The normalized spacial score (nSPS) is 24.7. The van der Waals surface area contributed by atoms with Gasteiger partial charge in [-0.15, -0.1) is 0 Å². The molecule has 396 valence electrons. The van der Waals surface area contributed by atoms with E-state index in [9.17, 15) is 39.4 Å². The molecule has 11 rings (SSSR count). The van der Waals surface area contributed by atoms with Gasteiger partial charge in [-0.3, -0.25) is 78.6 Å². The highest BCUT2D eigenvalue weighted by Crippen LogP contribution is 2.60. The summed E-state index contributed by atoms with van der Waals surface area (Å²) in [4.78, 5) is 210. The lowest BCUT2D eigenvalue weighted by Gasteiger charge is -2.51. The van der Waals surface area contributed by atoms with E-state index in [1.807, 2.05) is 0 Å². The molecule has 34 heteroatoms. The number of fused-ring (bicyclic) bond motifs is 4. The zero-order valence-corrected chi connectivity index (χ0v) is 40.0. The smallest absolute Gasteiger partial charge is 0.359 e. The molecule has 7 aliphatic rings. The highest BCUT2D eigenvalue weighted by molar-refractivity contribution is 6.12. The van der Waals surface area contributed by atoms with Gasteiger partial charge in [-0.25, -0.2) is 57.1 Å². The summed E-state index contributed by atoms with van der Waals surface area (Å²) in [5, 5.41) is 21.9. The first-order valence-corrected chi connectivity index (χ1v) is 23.1. The van der Waals surface area contributed by atoms with Gasteiger partial charge in [0.1, 0.15) is 50.8 Å². The molecule has 0 bridgehead atoms. The van der Waals surface area contributed by atoms with Crippen LogP contribution in [0.25, 0.3) is 21.5 Å². The molecule has 4 aromatic rings. The monoisotopic (exact) mass is 1060 g/mol. The number of benzene rings is 2. The molecular formula is C42H38N14O20. The summed E-state index contributed by atoms with van der Waals surface area (Å²) in [7, 11) is 0. The van der Waals surface area contributed by atoms with Gasteiger partial charge in [0, 0.05) is 12.1 Å². The SMILES string of the molecule is CCOC(=O)[C@@]12N3CN4C(=O)N5Cn6c(=O)c7cccc([N+](=O)[O-])c7c(=O)n6CN6C(=O)N(CN1C(=O)N1Cn7c(=O)c8c([N+](=O)[O-])cccc8c(=O)n7CN(C3=O)[C@@]12C(=O)OCC)[C@@]4(C(=O)OCC)[C@]56C(=O)OCC. The van der Waals surface area contributed by atoms with Crippen molar-refractivity contribution in [3.05, 3.63) is 98.0 Å². The van der Waals surface area contributed by atoms with Gasteiger partial charge in [0.05, 0.1) is 47.0 Å². The van der Waals surface area contributed by atoms with Crippen LogP contribution in [0, 0.1) is 20.2 Å². The predicted molar refractivity (Wildman–Crippen MR) is 242 cm³/mol. The van der Waals surface area contributed by atoms with E-state index in [1.54, 1.807) is 0 Å². The van der Waals surface area contributed by atoms with E-state index in [-0.39, 0.29) is 0 Å². The number of aromatic nitrogens is 4. The molecule has 2 aromatic heterocycles. The summed E-state index contributed by atoms with van der Waals surface area (Å²) in [6.45, 7) is -5.36. The number of non-ortho nitro benzene ring substituents is 2. The van der Waals surface area contributed by atoms with Gasteiger partial charge >= 0.3 is 48.0 Å². The van der Waals surface area contributed by atoms with Crippen LogP contribution in [-0.2, 0) is 64.8 Å². The second-order valence-electron chi connectivity index (χ2n) is 17.7. The summed E-state index contributed by atoms with van der Waals surface area (Å²) in [5.41, 5.74) is -20.1. The van der Waals surface area contributed by atoms with Crippen molar-refractivity contribution in [2.45, 2.75) is 77.0 Å². The Morgan fingerprint density at radius 2 is 0.658 bits per heavy atom. The van der Waals surface area contributed by atoms with E-state index >= 15 is 38.4 Å². The second kappa shape index (κ2) is 15.8. The van der Waals surface area contributed by atoms with Crippen LogP contribution in [0.5, 0.6) is 0 Å². The number of carbonyl (C=O) groups excluding carboxylic acids is 8. The minimum absolute atomic E-state index is 0.401. The topological polar surface area (TPSA) is 374 Å². The number of ether oxygens (including phenoxy) is 4. The number of hydrogen-bond donors (Lipinski definition) is 0. The third kappa shape index (κ3) is 5.08. The highest BCUT2D eigenvalue weighted by atomic mass is 16.6. The van der Waals surface area contributed by atoms with Gasteiger partial charge in [-0.1, -0.05) is 12.1 Å².